The molecule has 0 spiro atoms. The van der Waals surface area contributed by atoms with Crippen LogP contribution in [0.1, 0.15) is 17.0 Å². The number of aromatic nitrogens is 2. The molecule has 0 radical (unpaired) electrons. The molecule has 0 N–H and O–H groups in total. The monoisotopic (exact) mass is 335 g/mol. The Balaban J connectivity index is 1.90. The average Bonchev–Trinajstić information content (AvgIpc) is 2.61. The SMILES string of the molecule is Cc1cc(CN2CCOCc3cc(Br)ccc32)nn1C. The topological polar surface area (TPSA) is 30.3 Å². The zero-order chi connectivity index (χ0) is 14.1. The second-order valence-corrected chi connectivity index (χ2v) is 6.06. The lowest BCUT2D eigenvalue weighted by Crippen LogP contribution is -2.25. The van der Waals surface area contributed by atoms with Crippen LogP contribution in [0.2, 0.25) is 0 Å². The van der Waals surface area contributed by atoms with Crippen molar-refractivity contribution in [1.29, 1.82) is 0 Å². The van der Waals surface area contributed by atoms with E-state index < -0.39 is 0 Å². The Hall–Kier alpha value is -1.33. The molecule has 20 heavy (non-hydrogen) atoms. The maximum Gasteiger partial charge on any atom is 0.0820 e. The van der Waals surface area contributed by atoms with Gasteiger partial charge in [0.1, 0.15) is 0 Å². The fraction of sp³-hybridized carbons (Fsp3) is 0.400. The molecule has 2 heterocycles. The summed E-state index contributed by atoms with van der Waals surface area (Å²) in [6.07, 6.45) is 0. The zero-order valence-corrected chi connectivity index (χ0v) is 13.4. The number of halogens is 1. The molecule has 3 rings (SSSR count). The molecule has 1 aromatic carbocycles. The smallest absolute Gasteiger partial charge is 0.0820 e. The van der Waals surface area contributed by atoms with Crippen molar-refractivity contribution in [3.05, 3.63) is 45.7 Å². The average molecular weight is 336 g/mol. The first-order chi connectivity index (χ1) is 9.63. The van der Waals surface area contributed by atoms with E-state index in [1.807, 2.05) is 11.7 Å². The Labute approximate surface area is 127 Å². The van der Waals surface area contributed by atoms with Crippen molar-refractivity contribution in [2.45, 2.75) is 20.1 Å². The van der Waals surface area contributed by atoms with Crippen molar-refractivity contribution in [2.24, 2.45) is 7.05 Å². The van der Waals surface area contributed by atoms with Gasteiger partial charge in [0.25, 0.3) is 0 Å². The minimum Gasteiger partial charge on any atom is -0.375 e. The van der Waals surface area contributed by atoms with Crippen LogP contribution in [0.5, 0.6) is 0 Å². The van der Waals surface area contributed by atoms with Crippen LogP contribution in [0.25, 0.3) is 0 Å². The number of hydrogen-bond donors (Lipinski definition) is 0. The molecular formula is C15H18BrN3O. The largest absolute Gasteiger partial charge is 0.375 e. The van der Waals surface area contributed by atoms with Crippen molar-refractivity contribution >= 4 is 21.6 Å². The van der Waals surface area contributed by atoms with Crippen LogP contribution in [0.15, 0.2) is 28.7 Å². The second-order valence-electron chi connectivity index (χ2n) is 5.15. The summed E-state index contributed by atoms with van der Waals surface area (Å²) in [5, 5.41) is 4.55. The van der Waals surface area contributed by atoms with Gasteiger partial charge in [0.2, 0.25) is 0 Å². The van der Waals surface area contributed by atoms with Crippen molar-refractivity contribution in [3.8, 4) is 0 Å². The van der Waals surface area contributed by atoms with E-state index >= 15 is 0 Å². The summed E-state index contributed by atoms with van der Waals surface area (Å²) in [5.74, 6) is 0. The van der Waals surface area contributed by atoms with Crippen molar-refractivity contribution in [2.75, 3.05) is 18.1 Å². The van der Waals surface area contributed by atoms with Gasteiger partial charge >= 0.3 is 0 Å². The van der Waals surface area contributed by atoms with E-state index in [9.17, 15) is 0 Å². The molecule has 0 bridgehead atoms. The highest BCUT2D eigenvalue weighted by Crippen LogP contribution is 2.28. The Morgan fingerprint density at radius 1 is 1.35 bits per heavy atom. The van der Waals surface area contributed by atoms with E-state index in [0.717, 1.165) is 29.9 Å². The van der Waals surface area contributed by atoms with Gasteiger partial charge in [0, 0.05) is 35.0 Å². The van der Waals surface area contributed by atoms with E-state index in [1.165, 1.54) is 16.9 Å². The van der Waals surface area contributed by atoms with E-state index in [4.69, 9.17) is 4.74 Å². The number of ether oxygens (including phenoxy) is 1. The molecule has 4 nitrogen and oxygen atoms in total. The summed E-state index contributed by atoms with van der Waals surface area (Å²) < 4.78 is 8.70. The predicted octanol–water partition coefficient (Wildman–Crippen LogP) is 3.03. The Morgan fingerprint density at radius 2 is 2.20 bits per heavy atom. The summed E-state index contributed by atoms with van der Waals surface area (Å²) in [6.45, 7) is 5.21. The fourth-order valence-corrected chi connectivity index (χ4v) is 2.94. The number of rotatable bonds is 2. The predicted molar refractivity (Wildman–Crippen MR) is 82.8 cm³/mol. The molecule has 1 aliphatic rings. The zero-order valence-electron chi connectivity index (χ0n) is 11.8. The summed E-state index contributed by atoms with van der Waals surface area (Å²) >= 11 is 3.53. The molecule has 0 saturated carbocycles. The molecule has 1 aliphatic heterocycles. The maximum absolute atomic E-state index is 5.68. The van der Waals surface area contributed by atoms with Gasteiger partial charge in [-0.2, -0.15) is 5.10 Å². The molecule has 0 unspecified atom stereocenters. The van der Waals surface area contributed by atoms with Gasteiger partial charge in [-0.05, 0) is 31.2 Å². The van der Waals surface area contributed by atoms with Gasteiger partial charge < -0.3 is 9.64 Å². The Bertz CT molecular complexity index is 604. The van der Waals surface area contributed by atoms with Crippen LogP contribution in [-0.4, -0.2) is 22.9 Å². The molecule has 1 aromatic heterocycles. The number of aryl methyl sites for hydroxylation is 2. The number of benzene rings is 1. The van der Waals surface area contributed by atoms with Crippen LogP contribution in [0, 0.1) is 6.92 Å². The summed E-state index contributed by atoms with van der Waals surface area (Å²) in [4.78, 5) is 2.34. The second kappa shape index (κ2) is 5.58. The number of anilines is 1. The summed E-state index contributed by atoms with van der Waals surface area (Å²) in [6, 6.07) is 8.52. The maximum atomic E-state index is 5.68. The van der Waals surface area contributed by atoms with Crippen molar-refractivity contribution < 1.29 is 4.74 Å². The van der Waals surface area contributed by atoms with Gasteiger partial charge in [-0.15, -0.1) is 0 Å². The first kappa shape index (κ1) is 13.6. The lowest BCUT2D eigenvalue weighted by Gasteiger charge is -2.23. The molecular weight excluding hydrogens is 318 g/mol. The summed E-state index contributed by atoms with van der Waals surface area (Å²) in [5.41, 5.74) is 4.75. The molecule has 0 saturated heterocycles. The molecule has 0 fully saturated rings. The van der Waals surface area contributed by atoms with Crippen LogP contribution in [0.4, 0.5) is 5.69 Å². The lowest BCUT2D eigenvalue weighted by atomic mass is 10.1. The molecule has 0 atom stereocenters. The van der Waals surface area contributed by atoms with Gasteiger partial charge in [-0.25, -0.2) is 0 Å². The first-order valence-corrected chi connectivity index (χ1v) is 7.53. The van der Waals surface area contributed by atoms with Crippen LogP contribution in [0.3, 0.4) is 0 Å². The van der Waals surface area contributed by atoms with E-state index in [-0.39, 0.29) is 0 Å². The van der Waals surface area contributed by atoms with Crippen LogP contribution in [-0.2, 0) is 24.9 Å². The highest BCUT2D eigenvalue weighted by atomic mass is 79.9. The third kappa shape index (κ3) is 2.74. The van der Waals surface area contributed by atoms with E-state index in [1.54, 1.807) is 0 Å². The van der Waals surface area contributed by atoms with E-state index in [0.29, 0.717) is 6.61 Å². The normalized spacial score (nSPS) is 15.1. The lowest BCUT2D eigenvalue weighted by molar-refractivity contribution is 0.132. The van der Waals surface area contributed by atoms with Crippen molar-refractivity contribution in [3.63, 3.8) is 0 Å². The Kier molecular flexibility index (Phi) is 3.81. The van der Waals surface area contributed by atoms with Gasteiger partial charge in [-0.3, -0.25) is 4.68 Å². The number of fused-ring (bicyclic) bond motifs is 1. The highest BCUT2D eigenvalue weighted by molar-refractivity contribution is 9.10. The van der Waals surface area contributed by atoms with Gasteiger partial charge in [-0.1, -0.05) is 15.9 Å². The standard InChI is InChI=1S/C15H18BrN3O/c1-11-7-14(17-18(11)2)9-19-5-6-20-10-12-8-13(16)3-4-15(12)19/h3-4,7-8H,5-6,9-10H2,1-2H3. The molecule has 5 heteroatoms. The fourth-order valence-electron chi connectivity index (χ4n) is 2.53. The minimum atomic E-state index is 0.673. The first-order valence-electron chi connectivity index (χ1n) is 6.74. The Morgan fingerprint density at radius 3 is 2.95 bits per heavy atom. The van der Waals surface area contributed by atoms with Crippen molar-refractivity contribution in [1.82, 2.24) is 9.78 Å². The quantitative estimate of drug-likeness (QED) is 0.845. The third-order valence-corrected chi connectivity index (χ3v) is 4.16. The van der Waals surface area contributed by atoms with Gasteiger partial charge in [0.05, 0.1) is 25.5 Å². The summed E-state index contributed by atoms with van der Waals surface area (Å²) in [7, 11) is 1.98. The molecule has 106 valence electrons. The third-order valence-electron chi connectivity index (χ3n) is 3.66. The van der Waals surface area contributed by atoms with Gasteiger partial charge in [0.15, 0.2) is 0 Å². The number of hydrogen-bond acceptors (Lipinski definition) is 3. The molecule has 0 amide bonds. The highest BCUT2D eigenvalue weighted by Gasteiger charge is 2.17. The van der Waals surface area contributed by atoms with Crippen LogP contribution < -0.4 is 4.90 Å². The van der Waals surface area contributed by atoms with E-state index in [2.05, 4.69) is 57.1 Å². The minimum absolute atomic E-state index is 0.673. The molecule has 2 aromatic rings. The number of nitrogens with zero attached hydrogens (tertiary/aromatic N) is 3. The van der Waals surface area contributed by atoms with Crippen LogP contribution >= 0.6 is 15.9 Å². The molecule has 0 aliphatic carbocycles.